The molecule has 2 heterocycles. The second-order valence-corrected chi connectivity index (χ2v) is 12.8. The van der Waals surface area contributed by atoms with E-state index in [1.165, 1.54) is 43.2 Å². The average Bonchev–Trinajstić information content (AvgIpc) is 3.41. The Balaban J connectivity index is 1.36. The Hall–Kier alpha value is -1.65. The second-order valence-electron chi connectivity index (χ2n) is 12.8. The van der Waals surface area contributed by atoms with Gasteiger partial charge < -0.3 is 9.64 Å². The molecule has 1 aromatic carbocycles. The van der Waals surface area contributed by atoms with Crippen LogP contribution in [0.2, 0.25) is 0 Å². The number of rotatable bonds is 6. The van der Waals surface area contributed by atoms with Gasteiger partial charge in [0, 0.05) is 25.3 Å². The first-order chi connectivity index (χ1) is 16.6. The van der Waals surface area contributed by atoms with Crippen LogP contribution in [-0.4, -0.2) is 42.8 Å². The van der Waals surface area contributed by atoms with Crippen LogP contribution in [0, 0.1) is 11.3 Å². The molecular weight excluding hydrogens is 432 g/mol. The lowest BCUT2D eigenvalue weighted by atomic mass is 9.49. The van der Waals surface area contributed by atoms with Gasteiger partial charge in [-0.15, -0.1) is 0 Å². The number of nitrogens with one attached hydrogen (secondary N) is 1. The SMILES string of the molecule is CC1=C(C)[C@H](NC[C@]2(C)CCC[C@]3(C)c4ccc(C(C)C)cc4CC[C@@H]23)N(C[C@@H]2CCCO2)C1=O. The smallest absolute Gasteiger partial charge is 0.251 e. The second kappa shape index (κ2) is 9.34. The van der Waals surface area contributed by atoms with Gasteiger partial charge in [0.25, 0.3) is 5.91 Å². The molecule has 2 aliphatic carbocycles. The van der Waals surface area contributed by atoms with Crippen molar-refractivity contribution in [2.45, 2.75) is 110 Å². The largest absolute Gasteiger partial charge is 0.376 e. The Kier molecular flexibility index (Phi) is 6.68. The molecule has 192 valence electrons. The van der Waals surface area contributed by atoms with E-state index in [9.17, 15) is 4.79 Å². The van der Waals surface area contributed by atoms with Crippen LogP contribution < -0.4 is 5.32 Å². The van der Waals surface area contributed by atoms with Gasteiger partial charge in [0.2, 0.25) is 0 Å². The van der Waals surface area contributed by atoms with Gasteiger partial charge in [0.15, 0.2) is 0 Å². The highest BCUT2D eigenvalue weighted by Gasteiger charge is 2.52. The van der Waals surface area contributed by atoms with Crippen molar-refractivity contribution in [3.63, 3.8) is 0 Å². The van der Waals surface area contributed by atoms with Crippen molar-refractivity contribution in [3.05, 3.63) is 46.0 Å². The summed E-state index contributed by atoms with van der Waals surface area (Å²) in [5.41, 5.74) is 7.22. The monoisotopic (exact) mass is 478 g/mol. The minimum atomic E-state index is 0.00110. The molecule has 0 unspecified atom stereocenters. The maximum absolute atomic E-state index is 13.1. The van der Waals surface area contributed by atoms with Gasteiger partial charge in [-0.05, 0) is 97.3 Å². The number of aryl methyl sites for hydroxylation is 1. The van der Waals surface area contributed by atoms with Crippen molar-refractivity contribution in [1.82, 2.24) is 10.2 Å². The minimum absolute atomic E-state index is 0.00110. The Morgan fingerprint density at radius 2 is 1.94 bits per heavy atom. The van der Waals surface area contributed by atoms with E-state index in [4.69, 9.17) is 4.74 Å². The molecule has 0 bridgehead atoms. The third-order valence-corrected chi connectivity index (χ3v) is 10.2. The van der Waals surface area contributed by atoms with Crippen LogP contribution in [-0.2, 0) is 21.4 Å². The first-order valence-corrected chi connectivity index (χ1v) is 14.1. The van der Waals surface area contributed by atoms with Crippen molar-refractivity contribution in [3.8, 4) is 0 Å². The van der Waals surface area contributed by atoms with E-state index < -0.39 is 0 Å². The van der Waals surface area contributed by atoms with E-state index in [1.807, 2.05) is 6.92 Å². The topological polar surface area (TPSA) is 41.6 Å². The van der Waals surface area contributed by atoms with Gasteiger partial charge in [-0.2, -0.15) is 0 Å². The summed E-state index contributed by atoms with van der Waals surface area (Å²) in [6.45, 7) is 16.3. The summed E-state index contributed by atoms with van der Waals surface area (Å²) in [5, 5.41) is 3.92. The molecule has 1 saturated heterocycles. The molecule has 5 rings (SSSR count). The van der Waals surface area contributed by atoms with Crippen LogP contribution in [0.3, 0.4) is 0 Å². The molecule has 2 fully saturated rings. The van der Waals surface area contributed by atoms with Crippen LogP contribution in [0.15, 0.2) is 29.3 Å². The molecule has 5 atom stereocenters. The number of carbonyl (C=O) groups is 1. The highest BCUT2D eigenvalue weighted by molar-refractivity contribution is 5.97. The van der Waals surface area contributed by atoms with Crippen molar-refractivity contribution < 1.29 is 9.53 Å². The number of amides is 1. The molecule has 1 saturated carbocycles. The average molecular weight is 479 g/mol. The normalized spacial score (nSPS) is 35.1. The summed E-state index contributed by atoms with van der Waals surface area (Å²) in [4.78, 5) is 15.2. The summed E-state index contributed by atoms with van der Waals surface area (Å²) in [6, 6.07) is 7.34. The number of carbonyl (C=O) groups excluding carboxylic acids is 1. The Labute approximate surface area is 212 Å². The number of ether oxygens (including phenoxy) is 1. The molecule has 4 aliphatic rings. The molecule has 2 aliphatic heterocycles. The Morgan fingerprint density at radius 3 is 2.66 bits per heavy atom. The van der Waals surface area contributed by atoms with Crippen LogP contribution in [0.1, 0.15) is 103 Å². The number of benzene rings is 1. The maximum atomic E-state index is 13.1. The van der Waals surface area contributed by atoms with Crippen molar-refractivity contribution >= 4 is 5.91 Å². The lowest BCUT2D eigenvalue weighted by molar-refractivity contribution is -0.129. The zero-order chi connectivity index (χ0) is 25.0. The van der Waals surface area contributed by atoms with Gasteiger partial charge in [0.1, 0.15) is 6.17 Å². The summed E-state index contributed by atoms with van der Waals surface area (Å²) in [6.07, 6.45) is 8.62. The zero-order valence-corrected chi connectivity index (χ0v) is 22.9. The van der Waals surface area contributed by atoms with E-state index in [0.717, 1.165) is 31.6 Å². The van der Waals surface area contributed by atoms with E-state index in [1.54, 1.807) is 11.1 Å². The number of nitrogens with zero attached hydrogens (tertiary/aromatic N) is 1. The lowest BCUT2D eigenvalue weighted by Crippen LogP contribution is -2.56. The molecule has 35 heavy (non-hydrogen) atoms. The molecule has 4 nitrogen and oxygen atoms in total. The van der Waals surface area contributed by atoms with Crippen molar-refractivity contribution in [1.29, 1.82) is 0 Å². The molecule has 1 amide bonds. The molecule has 4 heteroatoms. The summed E-state index contributed by atoms with van der Waals surface area (Å²) in [5.74, 6) is 1.42. The maximum Gasteiger partial charge on any atom is 0.251 e. The van der Waals surface area contributed by atoms with E-state index in [-0.39, 0.29) is 29.0 Å². The third-order valence-electron chi connectivity index (χ3n) is 10.2. The Morgan fingerprint density at radius 1 is 1.14 bits per heavy atom. The van der Waals surface area contributed by atoms with E-state index in [2.05, 4.69) is 63.0 Å². The fraction of sp³-hybridized carbons (Fsp3) is 0.710. The van der Waals surface area contributed by atoms with Crippen LogP contribution >= 0.6 is 0 Å². The van der Waals surface area contributed by atoms with E-state index in [0.29, 0.717) is 18.4 Å². The highest BCUT2D eigenvalue weighted by Crippen LogP contribution is 2.57. The molecule has 0 aromatic heterocycles. The zero-order valence-electron chi connectivity index (χ0n) is 22.9. The van der Waals surface area contributed by atoms with Gasteiger partial charge in [0.05, 0.1) is 6.10 Å². The van der Waals surface area contributed by atoms with Gasteiger partial charge >= 0.3 is 0 Å². The number of hydrogen-bond acceptors (Lipinski definition) is 3. The molecular formula is C31H46N2O2. The van der Waals surface area contributed by atoms with Crippen molar-refractivity contribution in [2.75, 3.05) is 19.7 Å². The van der Waals surface area contributed by atoms with Gasteiger partial charge in [-0.25, -0.2) is 0 Å². The number of fused-ring (bicyclic) bond motifs is 3. The van der Waals surface area contributed by atoms with Crippen LogP contribution in [0.4, 0.5) is 0 Å². The standard InChI is InChI=1S/C31H46N2O2/c1-20(2)23-10-12-26-24(17-23)11-13-27-30(5,14-8-15-31(26,27)6)19-32-28-21(3)22(4)29(34)33(28)18-25-9-7-16-35-25/h10,12,17,20,25,27-28,32H,7-9,11,13-16,18-19H2,1-6H3/t25-,27-,28+,30-,31+/m0/s1. The quantitative estimate of drug-likeness (QED) is 0.538. The fourth-order valence-corrected chi connectivity index (χ4v) is 7.94. The predicted molar refractivity (Wildman–Crippen MR) is 143 cm³/mol. The first kappa shape index (κ1) is 25.0. The molecule has 1 aromatic rings. The molecule has 0 spiro atoms. The predicted octanol–water partition coefficient (Wildman–Crippen LogP) is 6.09. The van der Waals surface area contributed by atoms with Gasteiger partial charge in [-0.1, -0.05) is 52.3 Å². The van der Waals surface area contributed by atoms with Crippen molar-refractivity contribution in [2.24, 2.45) is 11.3 Å². The summed E-state index contributed by atoms with van der Waals surface area (Å²) < 4.78 is 5.90. The number of hydrogen-bond donors (Lipinski definition) is 1. The minimum Gasteiger partial charge on any atom is -0.376 e. The fourth-order valence-electron chi connectivity index (χ4n) is 7.94. The Bertz CT molecular complexity index is 1010. The summed E-state index contributed by atoms with van der Waals surface area (Å²) in [7, 11) is 0. The highest BCUT2D eigenvalue weighted by atomic mass is 16.5. The van der Waals surface area contributed by atoms with Crippen LogP contribution in [0.5, 0.6) is 0 Å². The molecule has 1 N–H and O–H groups in total. The van der Waals surface area contributed by atoms with Gasteiger partial charge in [-0.3, -0.25) is 10.1 Å². The first-order valence-electron chi connectivity index (χ1n) is 14.1. The van der Waals surface area contributed by atoms with E-state index >= 15 is 0 Å². The molecule has 0 radical (unpaired) electrons. The third kappa shape index (κ3) is 4.29. The lowest BCUT2D eigenvalue weighted by Gasteiger charge is -2.56. The van der Waals surface area contributed by atoms with Crippen LogP contribution in [0.25, 0.3) is 0 Å². The summed E-state index contributed by atoms with van der Waals surface area (Å²) >= 11 is 0.